The van der Waals surface area contributed by atoms with Crippen molar-refractivity contribution in [2.24, 2.45) is 0 Å². The number of aryl methyl sites for hydroxylation is 1. The van der Waals surface area contributed by atoms with Crippen LogP contribution in [0.15, 0.2) is 41.2 Å². The number of benzene rings is 1. The van der Waals surface area contributed by atoms with Crippen LogP contribution in [0.3, 0.4) is 0 Å². The largest absolute Gasteiger partial charge is 0.432 e. The average molecular weight is 293 g/mol. The van der Waals surface area contributed by atoms with Crippen LogP contribution >= 0.6 is 0 Å². The number of nitrogens with zero attached hydrogens (tertiary/aromatic N) is 2. The molecule has 1 aromatic carbocycles. The van der Waals surface area contributed by atoms with E-state index in [1.807, 2.05) is 24.2 Å². The SMILES string of the molecule is Cc1ccc(-c2cc(=O)n3[nH]c(C(F)(F)F)cc3n2)cc1. The number of nitrogens with one attached hydrogen (secondary N) is 1. The molecule has 0 saturated heterocycles. The molecule has 0 spiro atoms. The molecule has 0 aliphatic rings. The van der Waals surface area contributed by atoms with Crippen molar-refractivity contribution in [1.29, 1.82) is 0 Å². The van der Waals surface area contributed by atoms with Crippen molar-refractivity contribution in [2.75, 3.05) is 0 Å². The minimum atomic E-state index is -4.55. The fourth-order valence-electron chi connectivity index (χ4n) is 2.01. The Morgan fingerprint density at radius 3 is 2.43 bits per heavy atom. The number of hydrogen-bond donors (Lipinski definition) is 1. The Kier molecular flexibility index (Phi) is 2.86. The molecule has 0 atom stereocenters. The van der Waals surface area contributed by atoms with Crippen molar-refractivity contribution in [1.82, 2.24) is 14.6 Å². The third-order valence-corrected chi connectivity index (χ3v) is 3.10. The van der Waals surface area contributed by atoms with Crippen LogP contribution in [0.2, 0.25) is 0 Å². The maximum Gasteiger partial charge on any atom is 0.432 e. The molecule has 0 fully saturated rings. The van der Waals surface area contributed by atoms with Gasteiger partial charge in [-0.1, -0.05) is 29.8 Å². The van der Waals surface area contributed by atoms with Crippen molar-refractivity contribution in [3.05, 3.63) is 58.0 Å². The van der Waals surface area contributed by atoms with E-state index in [2.05, 4.69) is 4.98 Å². The number of aromatic nitrogens is 3. The summed E-state index contributed by atoms with van der Waals surface area (Å²) in [6.07, 6.45) is -4.55. The van der Waals surface area contributed by atoms with Crippen LogP contribution in [0.25, 0.3) is 16.9 Å². The summed E-state index contributed by atoms with van der Waals surface area (Å²) in [4.78, 5) is 16.0. The van der Waals surface area contributed by atoms with E-state index in [0.717, 1.165) is 16.1 Å². The number of halogens is 3. The van der Waals surface area contributed by atoms with E-state index < -0.39 is 17.4 Å². The molecule has 1 N–H and O–H groups in total. The van der Waals surface area contributed by atoms with Crippen LogP contribution in [0.4, 0.5) is 13.2 Å². The molecule has 0 aliphatic carbocycles. The van der Waals surface area contributed by atoms with E-state index in [0.29, 0.717) is 11.3 Å². The molecule has 2 heterocycles. The normalized spacial score (nSPS) is 12.0. The van der Waals surface area contributed by atoms with Gasteiger partial charge in [-0.15, -0.1) is 0 Å². The Hall–Kier alpha value is -2.57. The Morgan fingerprint density at radius 2 is 1.81 bits per heavy atom. The van der Waals surface area contributed by atoms with Crippen LogP contribution in [-0.4, -0.2) is 14.6 Å². The van der Waals surface area contributed by atoms with Crippen molar-refractivity contribution < 1.29 is 13.2 Å². The summed E-state index contributed by atoms with van der Waals surface area (Å²) >= 11 is 0. The molecule has 0 bridgehead atoms. The molecule has 21 heavy (non-hydrogen) atoms. The molecule has 0 amide bonds. The highest BCUT2D eigenvalue weighted by Gasteiger charge is 2.33. The van der Waals surface area contributed by atoms with Gasteiger partial charge in [-0.2, -0.15) is 13.2 Å². The monoisotopic (exact) mass is 293 g/mol. The summed E-state index contributed by atoms with van der Waals surface area (Å²) in [6, 6.07) is 9.25. The third-order valence-electron chi connectivity index (χ3n) is 3.10. The summed E-state index contributed by atoms with van der Waals surface area (Å²) in [5.41, 5.74) is 0.393. The maximum absolute atomic E-state index is 12.7. The molecular formula is C14H10F3N3O. The topological polar surface area (TPSA) is 50.2 Å². The highest BCUT2D eigenvalue weighted by molar-refractivity contribution is 5.61. The van der Waals surface area contributed by atoms with E-state index in [1.54, 1.807) is 12.1 Å². The molecule has 2 aromatic heterocycles. The summed E-state index contributed by atoms with van der Waals surface area (Å²) in [5.74, 6) is 0. The Balaban J connectivity index is 2.19. The van der Waals surface area contributed by atoms with E-state index >= 15 is 0 Å². The van der Waals surface area contributed by atoms with Crippen LogP contribution < -0.4 is 5.56 Å². The van der Waals surface area contributed by atoms with Crippen molar-refractivity contribution in [3.8, 4) is 11.3 Å². The second kappa shape index (κ2) is 4.47. The first kappa shape index (κ1) is 13.4. The number of fused-ring (bicyclic) bond motifs is 1. The zero-order valence-corrected chi connectivity index (χ0v) is 10.9. The molecule has 7 heteroatoms. The lowest BCUT2D eigenvalue weighted by Crippen LogP contribution is -2.15. The maximum atomic E-state index is 12.7. The number of hydrogen-bond acceptors (Lipinski definition) is 2. The van der Waals surface area contributed by atoms with Gasteiger partial charge in [0.05, 0.1) is 5.69 Å². The Morgan fingerprint density at radius 1 is 1.14 bits per heavy atom. The Labute approximate surface area is 116 Å². The summed E-state index contributed by atoms with van der Waals surface area (Å²) in [5, 5.41) is 2.01. The quantitative estimate of drug-likeness (QED) is 0.749. The second-order valence-corrected chi connectivity index (χ2v) is 4.71. The molecule has 3 aromatic rings. The van der Waals surface area contributed by atoms with Crippen LogP contribution in [0.1, 0.15) is 11.3 Å². The first-order valence-electron chi connectivity index (χ1n) is 6.12. The van der Waals surface area contributed by atoms with Gasteiger partial charge in [0, 0.05) is 17.7 Å². The molecule has 0 unspecified atom stereocenters. The average Bonchev–Trinajstić information content (AvgIpc) is 2.84. The van der Waals surface area contributed by atoms with Gasteiger partial charge in [-0.25, -0.2) is 9.50 Å². The minimum Gasteiger partial charge on any atom is -0.285 e. The molecule has 0 radical (unpaired) electrons. The van der Waals surface area contributed by atoms with Crippen molar-refractivity contribution >= 4 is 5.65 Å². The fourth-order valence-corrected chi connectivity index (χ4v) is 2.01. The molecule has 108 valence electrons. The minimum absolute atomic E-state index is 0.0644. The summed E-state index contributed by atoms with van der Waals surface area (Å²) in [6.45, 7) is 1.91. The van der Waals surface area contributed by atoms with E-state index in [1.165, 1.54) is 6.07 Å². The third kappa shape index (κ3) is 2.42. The van der Waals surface area contributed by atoms with Gasteiger partial charge in [-0.3, -0.25) is 9.89 Å². The smallest absolute Gasteiger partial charge is 0.285 e. The van der Waals surface area contributed by atoms with Gasteiger partial charge < -0.3 is 0 Å². The lowest BCUT2D eigenvalue weighted by molar-refractivity contribution is -0.141. The highest BCUT2D eigenvalue weighted by Crippen LogP contribution is 2.28. The molecule has 0 aliphatic heterocycles. The van der Waals surface area contributed by atoms with E-state index in [-0.39, 0.29) is 5.65 Å². The van der Waals surface area contributed by atoms with Gasteiger partial charge in [-0.05, 0) is 6.92 Å². The molecule has 4 nitrogen and oxygen atoms in total. The molecular weight excluding hydrogens is 283 g/mol. The zero-order chi connectivity index (χ0) is 15.2. The van der Waals surface area contributed by atoms with Crippen LogP contribution in [0.5, 0.6) is 0 Å². The van der Waals surface area contributed by atoms with Gasteiger partial charge in [0.25, 0.3) is 5.56 Å². The van der Waals surface area contributed by atoms with Crippen LogP contribution in [0, 0.1) is 6.92 Å². The number of H-pyrrole nitrogens is 1. The van der Waals surface area contributed by atoms with Crippen molar-refractivity contribution in [3.63, 3.8) is 0 Å². The highest BCUT2D eigenvalue weighted by atomic mass is 19.4. The van der Waals surface area contributed by atoms with Crippen LogP contribution in [-0.2, 0) is 6.18 Å². The molecule has 3 rings (SSSR count). The fraction of sp³-hybridized carbons (Fsp3) is 0.143. The van der Waals surface area contributed by atoms with Gasteiger partial charge in [0.1, 0.15) is 5.69 Å². The first-order valence-corrected chi connectivity index (χ1v) is 6.12. The predicted molar refractivity (Wildman–Crippen MR) is 71.0 cm³/mol. The number of rotatable bonds is 1. The van der Waals surface area contributed by atoms with Gasteiger partial charge in [0.2, 0.25) is 0 Å². The predicted octanol–water partition coefficient (Wildman–Crippen LogP) is 3.02. The molecule has 0 saturated carbocycles. The van der Waals surface area contributed by atoms with E-state index in [9.17, 15) is 18.0 Å². The lowest BCUT2D eigenvalue weighted by atomic mass is 10.1. The number of alkyl halides is 3. The lowest BCUT2D eigenvalue weighted by Gasteiger charge is -2.02. The second-order valence-electron chi connectivity index (χ2n) is 4.71. The first-order chi connectivity index (χ1) is 9.84. The Bertz CT molecular complexity index is 860. The van der Waals surface area contributed by atoms with Gasteiger partial charge >= 0.3 is 6.18 Å². The number of aromatic amines is 1. The zero-order valence-electron chi connectivity index (χ0n) is 10.9. The van der Waals surface area contributed by atoms with Crippen molar-refractivity contribution in [2.45, 2.75) is 13.1 Å². The van der Waals surface area contributed by atoms with Gasteiger partial charge in [0.15, 0.2) is 5.65 Å². The van der Waals surface area contributed by atoms with E-state index in [4.69, 9.17) is 0 Å². The summed E-state index contributed by atoms with van der Waals surface area (Å²) < 4.78 is 38.7. The summed E-state index contributed by atoms with van der Waals surface area (Å²) in [7, 11) is 0. The standard InChI is InChI=1S/C14H10F3N3O/c1-8-2-4-9(5-3-8)10-6-13(21)20-12(18-10)7-11(19-20)14(15,16)17/h2-7,19H,1H3.